The minimum atomic E-state index is -3.24. The van der Waals surface area contributed by atoms with Gasteiger partial charge < -0.3 is 9.64 Å². The molecule has 0 bridgehead atoms. The first kappa shape index (κ1) is 18.3. The number of carbonyl (C=O) groups excluding carboxylic acids is 2. The summed E-state index contributed by atoms with van der Waals surface area (Å²) in [6.07, 6.45) is 3.11. The summed E-state index contributed by atoms with van der Waals surface area (Å²) in [6, 6.07) is 4.34. The van der Waals surface area contributed by atoms with Crippen LogP contribution in [0, 0.1) is 0 Å². The molecule has 2 aromatic heterocycles. The number of fused-ring (bicyclic) bond motifs is 1. The number of amides is 2. The Kier molecular flexibility index (Phi) is 4.97. The third-order valence-corrected chi connectivity index (χ3v) is 6.96. The number of thiophene rings is 1. The summed E-state index contributed by atoms with van der Waals surface area (Å²) in [5.41, 5.74) is 1.14. The lowest BCUT2D eigenvalue weighted by molar-refractivity contribution is 0.0600. The van der Waals surface area contributed by atoms with Crippen LogP contribution in [-0.4, -0.2) is 50.2 Å². The van der Waals surface area contributed by atoms with Crippen LogP contribution in [0.5, 0.6) is 0 Å². The lowest BCUT2D eigenvalue weighted by atomic mass is 10.1. The summed E-state index contributed by atoms with van der Waals surface area (Å²) in [5.74, 6) is -0.186. The highest BCUT2D eigenvalue weighted by Gasteiger charge is 2.25. The van der Waals surface area contributed by atoms with Gasteiger partial charge in [-0.05, 0) is 30.2 Å². The molecule has 2 aromatic rings. The Hall–Kier alpha value is -2.46. The Labute approximate surface area is 154 Å². The van der Waals surface area contributed by atoms with Crippen molar-refractivity contribution in [3.63, 3.8) is 0 Å². The van der Waals surface area contributed by atoms with Gasteiger partial charge in [0, 0.05) is 30.4 Å². The molecule has 3 heterocycles. The Bertz CT molecular complexity index is 951. The predicted molar refractivity (Wildman–Crippen MR) is 96.1 cm³/mol. The average Bonchev–Trinajstić information content (AvgIpc) is 3.05. The van der Waals surface area contributed by atoms with Gasteiger partial charge in [-0.2, -0.15) is 0 Å². The molecule has 1 aliphatic heterocycles. The molecule has 138 valence electrons. The molecule has 1 aliphatic rings. The van der Waals surface area contributed by atoms with Crippen LogP contribution in [0.3, 0.4) is 0 Å². The van der Waals surface area contributed by atoms with Gasteiger partial charge in [0.05, 0.1) is 12.7 Å². The summed E-state index contributed by atoms with van der Waals surface area (Å²) >= 11 is 1.26. The second-order valence-electron chi connectivity index (χ2n) is 5.81. The van der Waals surface area contributed by atoms with Gasteiger partial charge in [0.25, 0.3) is 0 Å². The average molecular weight is 395 g/mol. The van der Waals surface area contributed by atoms with E-state index in [1.807, 2.05) is 0 Å². The summed E-state index contributed by atoms with van der Waals surface area (Å²) in [4.78, 5) is 30.4. The van der Waals surface area contributed by atoms with Crippen LogP contribution >= 0.6 is 11.3 Å². The van der Waals surface area contributed by atoms with Crippen molar-refractivity contribution in [2.75, 3.05) is 25.2 Å². The summed E-state index contributed by atoms with van der Waals surface area (Å²) in [6.45, 7) is 0.830. The number of methoxy groups -OCH3 is 1. The second kappa shape index (κ2) is 7.04. The number of nitrogens with one attached hydrogen (secondary N) is 1. The highest BCUT2D eigenvalue weighted by molar-refractivity contribution is 7.92. The van der Waals surface area contributed by atoms with Crippen molar-refractivity contribution >= 4 is 39.0 Å². The fraction of sp³-hybridized carbons (Fsp3) is 0.312. The molecule has 1 N–H and O–H groups in total. The molecule has 0 radical (unpaired) electrons. The van der Waals surface area contributed by atoms with Crippen molar-refractivity contribution in [1.29, 1.82) is 0 Å². The number of anilines is 1. The van der Waals surface area contributed by atoms with E-state index in [0.717, 1.165) is 10.4 Å². The molecule has 8 nitrogen and oxygen atoms in total. The number of nitrogens with zero attached hydrogens (tertiary/aromatic N) is 2. The number of hydrogen-bond acceptors (Lipinski definition) is 7. The fourth-order valence-electron chi connectivity index (χ4n) is 2.56. The first-order valence-corrected chi connectivity index (χ1v) is 10.4. The lowest BCUT2D eigenvalue weighted by Crippen LogP contribution is -2.38. The monoisotopic (exact) mass is 395 g/mol. The molecular weight excluding hydrogens is 378 g/mol. The van der Waals surface area contributed by atoms with Gasteiger partial charge >= 0.3 is 12.0 Å². The maximum Gasteiger partial charge on any atom is 0.339 e. The minimum Gasteiger partial charge on any atom is -0.465 e. The van der Waals surface area contributed by atoms with Gasteiger partial charge in [0.15, 0.2) is 9.84 Å². The van der Waals surface area contributed by atoms with Crippen LogP contribution in [0.1, 0.15) is 20.8 Å². The normalized spacial score (nSPS) is 13.8. The van der Waals surface area contributed by atoms with Crippen LogP contribution in [0.25, 0.3) is 0 Å². The van der Waals surface area contributed by atoms with E-state index in [2.05, 4.69) is 15.0 Å². The van der Waals surface area contributed by atoms with Crippen LogP contribution in [-0.2, 0) is 27.5 Å². The van der Waals surface area contributed by atoms with E-state index < -0.39 is 15.8 Å². The summed E-state index contributed by atoms with van der Waals surface area (Å²) in [7, 11) is -1.96. The SMILES string of the molecule is COC(=O)c1ccc(NC(=O)N2CCc3sc(S(C)(=O)=O)cc3C2)nc1. The van der Waals surface area contributed by atoms with Gasteiger partial charge in [-0.15, -0.1) is 11.3 Å². The number of sulfone groups is 1. The number of esters is 1. The molecule has 3 rings (SSSR count). The Balaban J connectivity index is 1.68. The number of urea groups is 1. The molecule has 26 heavy (non-hydrogen) atoms. The highest BCUT2D eigenvalue weighted by atomic mass is 32.2. The predicted octanol–water partition coefficient (Wildman–Crippen LogP) is 1.92. The highest BCUT2D eigenvalue weighted by Crippen LogP contribution is 2.31. The number of hydrogen-bond donors (Lipinski definition) is 1. The van der Waals surface area contributed by atoms with Crippen LogP contribution in [0.15, 0.2) is 28.6 Å². The molecule has 0 aliphatic carbocycles. The van der Waals surface area contributed by atoms with Gasteiger partial charge in [-0.25, -0.2) is 23.0 Å². The van der Waals surface area contributed by atoms with Crippen molar-refractivity contribution < 1.29 is 22.7 Å². The zero-order valence-electron chi connectivity index (χ0n) is 14.2. The van der Waals surface area contributed by atoms with Crippen molar-refractivity contribution in [3.05, 3.63) is 40.4 Å². The van der Waals surface area contributed by atoms with Crippen molar-refractivity contribution in [2.45, 2.75) is 17.2 Å². The van der Waals surface area contributed by atoms with Crippen molar-refractivity contribution in [2.24, 2.45) is 0 Å². The third-order valence-electron chi connectivity index (χ3n) is 3.92. The number of aromatic nitrogens is 1. The second-order valence-corrected chi connectivity index (χ2v) is 9.19. The van der Waals surface area contributed by atoms with Crippen LogP contribution < -0.4 is 5.32 Å². The van der Waals surface area contributed by atoms with Gasteiger partial charge in [0.2, 0.25) is 0 Å². The Morgan fingerprint density at radius 1 is 1.35 bits per heavy atom. The zero-order chi connectivity index (χ0) is 18.9. The molecule has 0 fully saturated rings. The van der Waals surface area contributed by atoms with E-state index in [-0.39, 0.29) is 6.03 Å². The molecular formula is C16H17N3O5S2. The smallest absolute Gasteiger partial charge is 0.339 e. The standard InChI is InChI=1S/C16H17N3O5S2/c1-24-15(20)10-3-4-13(17-8-10)18-16(21)19-6-5-12-11(9-19)7-14(25-12)26(2,22)23/h3-4,7-8H,5-6,9H2,1-2H3,(H,17,18,21). The Morgan fingerprint density at radius 2 is 2.12 bits per heavy atom. The van der Waals surface area contributed by atoms with Crippen molar-refractivity contribution in [3.8, 4) is 0 Å². The number of ether oxygens (including phenoxy) is 1. The van der Waals surface area contributed by atoms with E-state index in [4.69, 9.17) is 0 Å². The van der Waals surface area contributed by atoms with E-state index in [9.17, 15) is 18.0 Å². The fourth-order valence-corrected chi connectivity index (χ4v) is 4.71. The molecule has 0 spiro atoms. The minimum absolute atomic E-state index is 0.291. The van der Waals surface area contributed by atoms with E-state index >= 15 is 0 Å². The van der Waals surface area contributed by atoms with Gasteiger partial charge in [0.1, 0.15) is 10.0 Å². The first-order chi connectivity index (χ1) is 12.3. The Morgan fingerprint density at radius 3 is 2.73 bits per heavy atom. The number of carbonyl (C=O) groups is 2. The van der Waals surface area contributed by atoms with Gasteiger partial charge in [-0.1, -0.05) is 0 Å². The zero-order valence-corrected chi connectivity index (χ0v) is 15.8. The lowest BCUT2D eigenvalue weighted by Gasteiger charge is -2.26. The summed E-state index contributed by atoms with van der Waals surface area (Å²) < 4.78 is 28.3. The summed E-state index contributed by atoms with van der Waals surface area (Å²) in [5, 5.41) is 2.67. The molecule has 2 amide bonds. The van der Waals surface area contributed by atoms with Crippen LogP contribution in [0.4, 0.5) is 10.6 Å². The number of pyridine rings is 1. The first-order valence-electron chi connectivity index (χ1n) is 7.70. The number of rotatable bonds is 3. The molecule has 0 aromatic carbocycles. The topological polar surface area (TPSA) is 106 Å². The molecule has 0 saturated carbocycles. The van der Waals surface area contributed by atoms with Gasteiger partial charge in [-0.3, -0.25) is 5.32 Å². The maximum atomic E-state index is 12.4. The van der Waals surface area contributed by atoms with Crippen LogP contribution in [0.2, 0.25) is 0 Å². The van der Waals surface area contributed by atoms with E-state index in [1.54, 1.807) is 11.0 Å². The molecule has 10 heteroatoms. The molecule has 0 atom stereocenters. The largest absolute Gasteiger partial charge is 0.465 e. The quantitative estimate of drug-likeness (QED) is 0.796. The molecule has 0 unspecified atom stereocenters. The maximum absolute atomic E-state index is 12.4. The van der Waals surface area contributed by atoms with E-state index in [0.29, 0.717) is 35.1 Å². The third kappa shape index (κ3) is 3.86. The van der Waals surface area contributed by atoms with Crippen molar-refractivity contribution in [1.82, 2.24) is 9.88 Å². The van der Waals surface area contributed by atoms with E-state index in [1.165, 1.54) is 43.0 Å². The molecule has 0 saturated heterocycles.